The summed E-state index contributed by atoms with van der Waals surface area (Å²) in [5, 5.41) is 0. The minimum Gasteiger partial charge on any atom is -1.00 e. The van der Waals surface area contributed by atoms with Gasteiger partial charge in [-0.1, -0.05) is 12.1 Å². The largest absolute Gasteiger partial charge is 1.00 e. The molecule has 12 heteroatoms. The van der Waals surface area contributed by atoms with Crippen molar-refractivity contribution in [1.82, 2.24) is 0 Å². The van der Waals surface area contributed by atoms with Crippen molar-refractivity contribution < 1.29 is 141 Å². The van der Waals surface area contributed by atoms with Gasteiger partial charge in [0.05, 0.1) is 11.1 Å². The quantitative estimate of drug-likeness (QED) is 0.395. The normalized spacial score (nSPS) is 12.1. The van der Waals surface area contributed by atoms with E-state index in [-0.39, 0.29) is 117 Å². The molecule has 2 unspecified atom stereocenters. The van der Waals surface area contributed by atoms with Crippen LogP contribution >= 0.6 is 0 Å². The summed E-state index contributed by atoms with van der Waals surface area (Å²) in [5.41, 5.74) is -0.731. The van der Waals surface area contributed by atoms with Gasteiger partial charge in [-0.2, -0.15) is 8.42 Å². The van der Waals surface area contributed by atoms with E-state index < -0.39 is 34.7 Å². The number of carbonyl (C=O) groups excluding carboxylic acids is 2. The van der Waals surface area contributed by atoms with Gasteiger partial charge in [-0.3, -0.25) is 9.11 Å². The van der Waals surface area contributed by atoms with Crippen LogP contribution in [0, 0.1) is 0 Å². The molecule has 0 bridgehead atoms. The molecule has 20 heavy (non-hydrogen) atoms. The molecule has 2 atom stereocenters. The molecule has 0 aliphatic carbocycles. The van der Waals surface area contributed by atoms with Crippen LogP contribution in [0.25, 0.3) is 0 Å². The zero-order chi connectivity index (χ0) is 13.7. The second kappa shape index (κ2) is 12.1. The third-order valence-electron chi connectivity index (χ3n) is 1.66. The Balaban J connectivity index is -0.000000405. The topological polar surface area (TPSA) is 127 Å². The minimum atomic E-state index is -2.84. The maximum Gasteiger partial charge on any atom is 1.00 e. The molecule has 1 aromatic rings. The Bertz CT molecular complexity index is 498. The van der Waals surface area contributed by atoms with E-state index in [1.54, 1.807) is 0 Å². The Hall–Kier alpha value is 1.65. The molecule has 0 saturated carbocycles. The maximum atomic E-state index is 11.3. The van der Waals surface area contributed by atoms with Crippen molar-refractivity contribution in [3.8, 4) is 0 Å². The average Bonchev–Trinajstić information content (AvgIpc) is 2.27. The van der Waals surface area contributed by atoms with E-state index in [4.69, 9.17) is 9.11 Å². The van der Waals surface area contributed by atoms with Crippen LogP contribution in [0.3, 0.4) is 0 Å². The maximum absolute atomic E-state index is 11.3. The van der Waals surface area contributed by atoms with Crippen molar-refractivity contribution in [3.05, 3.63) is 35.4 Å². The first kappa shape index (κ1) is 23.9. The first-order valence-corrected chi connectivity index (χ1v) is 6.24. The molecule has 8 nitrogen and oxygen atoms in total. The summed E-state index contributed by atoms with van der Waals surface area (Å²) < 4.78 is 45.3. The zero-order valence-electron chi connectivity index (χ0n) is 12.5. The minimum absolute atomic E-state index is 0. The van der Waals surface area contributed by atoms with E-state index >= 15 is 0 Å². The van der Waals surface area contributed by atoms with Crippen LogP contribution in [0.15, 0.2) is 24.3 Å². The SMILES string of the molecule is O=C(OS(=O)O)c1ccccc1C(=O)OS(=O)O.[H-].[H-].[K+].[K+]. The van der Waals surface area contributed by atoms with Crippen LogP contribution in [0.4, 0.5) is 0 Å². The van der Waals surface area contributed by atoms with E-state index in [0.29, 0.717) is 0 Å². The monoisotopic (exact) mass is 374 g/mol. The fraction of sp³-hybridized carbons (Fsp3) is 0. The molecule has 0 aliphatic heterocycles. The summed E-state index contributed by atoms with van der Waals surface area (Å²) in [6.07, 6.45) is 0. The van der Waals surface area contributed by atoms with Crippen LogP contribution in [0.2, 0.25) is 0 Å². The predicted octanol–water partition coefficient (Wildman–Crippen LogP) is -5.49. The van der Waals surface area contributed by atoms with Crippen LogP contribution in [0.5, 0.6) is 0 Å². The van der Waals surface area contributed by atoms with E-state index in [9.17, 15) is 18.0 Å². The molecule has 0 heterocycles. The molecule has 0 saturated heterocycles. The van der Waals surface area contributed by atoms with Crippen molar-refractivity contribution in [2.75, 3.05) is 0 Å². The van der Waals surface area contributed by atoms with Crippen molar-refractivity contribution in [1.29, 1.82) is 0 Å². The fourth-order valence-electron chi connectivity index (χ4n) is 1.06. The third kappa shape index (κ3) is 8.33. The first-order chi connectivity index (χ1) is 8.41. The van der Waals surface area contributed by atoms with E-state index in [2.05, 4.69) is 8.37 Å². The summed E-state index contributed by atoms with van der Waals surface area (Å²) in [5.74, 6) is -2.49. The summed E-state index contributed by atoms with van der Waals surface area (Å²) in [6, 6.07) is 4.99. The molecule has 102 valence electrons. The number of rotatable bonds is 4. The number of hydrogen-bond acceptors (Lipinski definition) is 6. The first-order valence-electron chi connectivity index (χ1n) is 4.18. The van der Waals surface area contributed by atoms with Crippen molar-refractivity contribution in [3.63, 3.8) is 0 Å². The van der Waals surface area contributed by atoms with E-state index in [1.165, 1.54) is 12.1 Å². The van der Waals surface area contributed by atoms with Crippen LogP contribution in [-0.4, -0.2) is 29.5 Å². The predicted molar refractivity (Wildman–Crippen MR) is 61.0 cm³/mol. The van der Waals surface area contributed by atoms with Gasteiger partial charge in [-0.05, 0) is 12.1 Å². The molecule has 0 aromatic heterocycles. The number of benzene rings is 1. The van der Waals surface area contributed by atoms with Gasteiger partial charge in [-0.25, -0.2) is 9.59 Å². The van der Waals surface area contributed by atoms with Crippen molar-refractivity contribution in [2.45, 2.75) is 0 Å². The molecule has 0 aliphatic rings. The number of hydrogen-bond donors (Lipinski definition) is 2. The summed E-state index contributed by atoms with van der Waals surface area (Å²) in [6.45, 7) is 0. The Kier molecular flexibility index (Phi) is 14.5. The van der Waals surface area contributed by atoms with Gasteiger partial charge in [0.2, 0.25) is 0 Å². The smallest absolute Gasteiger partial charge is 1.00 e. The fourth-order valence-corrected chi connectivity index (χ4v) is 1.50. The van der Waals surface area contributed by atoms with Gasteiger partial charge < -0.3 is 11.2 Å². The van der Waals surface area contributed by atoms with Crippen molar-refractivity contribution >= 4 is 34.7 Å². The Morgan fingerprint density at radius 3 is 1.45 bits per heavy atom. The van der Waals surface area contributed by atoms with E-state index in [1.807, 2.05) is 0 Å². The molecular weight excluding hydrogens is 366 g/mol. The summed E-state index contributed by atoms with van der Waals surface area (Å²) in [4.78, 5) is 22.7. The molecule has 1 rings (SSSR count). The van der Waals surface area contributed by atoms with Crippen molar-refractivity contribution in [2.24, 2.45) is 0 Å². The molecule has 1 aromatic carbocycles. The van der Waals surface area contributed by atoms with Gasteiger partial charge >= 0.3 is 137 Å². The summed E-state index contributed by atoms with van der Waals surface area (Å²) >= 11 is -5.68. The second-order valence-electron chi connectivity index (χ2n) is 2.72. The Labute approximate surface area is 207 Å². The Morgan fingerprint density at radius 2 is 1.20 bits per heavy atom. The van der Waals surface area contributed by atoms with Gasteiger partial charge in [-0.15, -0.1) is 0 Å². The van der Waals surface area contributed by atoms with Gasteiger partial charge in [0.1, 0.15) is 0 Å². The molecular formula is C8H8K2O8S2. The Morgan fingerprint density at radius 1 is 0.900 bits per heavy atom. The van der Waals surface area contributed by atoms with Gasteiger partial charge in [0.25, 0.3) is 0 Å². The second-order valence-corrected chi connectivity index (χ2v) is 3.92. The van der Waals surface area contributed by atoms with Crippen LogP contribution in [0.1, 0.15) is 23.6 Å². The molecule has 0 amide bonds. The molecule has 0 spiro atoms. The van der Waals surface area contributed by atoms with Gasteiger partial charge in [0, 0.05) is 0 Å². The summed E-state index contributed by atoms with van der Waals surface area (Å²) in [7, 11) is 0. The third-order valence-corrected chi connectivity index (χ3v) is 2.25. The number of carbonyl (C=O) groups is 2. The molecule has 0 fully saturated rings. The molecule has 0 radical (unpaired) electrons. The van der Waals surface area contributed by atoms with Gasteiger partial charge in [0.15, 0.2) is 0 Å². The molecule has 2 N–H and O–H groups in total. The van der Waals surface area contributed by atoms with Crippen LogP contribution in [-0.2, 0) is 31.1 Å². The average molecular weight is 374 g/mol. The van der Waals surface area contributed by atoms with Crippen LogP contribution < -0.4 is 103 Å². The van der Waals surface area contributed by atoms with E-state index in [0.717, 1.165) is 12.1 Å². The zero-order valence-corrected chi connectivity index (χ0v) is 18.3. The standard InChI is InChI=1S/C8H6O8S2.2K.2H/c9-7(15-17(11)12)5-3-1-2-4-6(5)8(10)16-18(13)14;;;;/h1-4H,(H,11,12)(H,13,14);;;;/q;2*+1;2*-1.